The first-order valence-corrected chi connectivity index (χ1v) is 9.11. The van der Waals surface area contributed by atoms with Gasteiger partial charge in [0.1, 0.15) is 0 Å². The molecule has 1 spiro atoms. The van der Waals surface area contributed by atoms with Crippen LogP contribution in [0.15, 0.2) is 41.3 Å². The van der Waals surface area contributed by atoms with E-state index in [2.05, 4.69) is 4.98 Å². The summed E-state index contributed by atoms with van der Waals surface area (Å²) in [6, 6.07) is 5.67. The predicted octanol–water partition coefficient (Wildman–Crippen LogP) is 2.64. The predicted molar refractivity (Wildman–Crippen MR) is 95.3 cm³/mol. The highest BCUT2D eigenvalue weighted by Crippen LogP contribution is 2.41. The van der Waals surface area contributed by atoms with E-state index in [1.165, 1.54) is 6.26 Å². The Morgan fingerprint density at radius 1 is 1.31 bits per heavy atom. The maximum absolute atomic E-state index is 13.2. The van der Waals surface area contributed by atoms with Gasteiger partial charge < -0.3 is 14.2 Å². The van der Waals surface area contributed by atoms with Crippen molar-refractivity contribution < 1.29 is 14.0 Å². The summed E-state index contributed by atoms with van der Waals surface area (Å²) < 4.78 is 5.35. The van der Waals surface area contributed by atoms with Crippen LogP contribution in [-0.2, 0) is 11.3 Å². The standard InChI is InChI=1S/C20H23N3O3/c1-15-5-11-26-17(15)18(24)23-10-7-20(14-23)6-3-9-22(19(20)25)13-16-4-2-8-21-12-16/h2,4-5,8,11-12H,3,6-7,9-10,13-14H2,1H3/t20-/m1/s1. The van der Waals surface area contributed by atoms with E-state index in [1.807, 2.05) is 24.0 Å². The van der Waals surface area contributed by atoms with Crippen molar-refractivity contribution in [2.75, 3.05) is 19.6 Å². The first kappa shape index (κ1) is 16.8. The summed E-state index contributed by atoms with van der Waals surface area (Å²) >= 11 is 0. The smallest absolute Gasteiger partial charge is 0.289 e. The number of rotatable bonds is 3. The molecule has 0 aliphatic carbocycles. The second-order valence-electron chi connectivity index (χ2n) is 7.38. The lowest BCUT2D eigenvalue weighted by Gasteiger charge is -2.39. The number of hydrogen-bond donors (Lipinski definition) is 0. The maximum atomic E-state index is 13.2. The first-order chi connectivity index (χ1) is 12.6. The Balaban J connectivity index is 1.49. The minimum absolute atomic E-state index is 0.110. The molecule has 2 aliphatic rings. The Hall–Kier alpha value is -2.63. The molecule has 0 N–H and O–H groups in total. The topological polar surface area (TPSA) is 66.7 Å². The van der Waals surface area contributed by atoms with Crippen LogP contribution in [0.2, 0.25) is 0 Å². The lowest BCUT2D eigenvalue weighted by molar-refractivity contribution is -0.146. The number of nitrogens with zero attached hydrogens (tertiary/aromatic N) is 3. The minimum Gasteiger partial charge on any atom is -0.459 e. The highest BCUT2D eigenvalue weighted by molar-refractivity contribution is 5.94. The zero-order chi connectivity index (χ0) is 18.1. The first-order valence-electron chi connectivity index (χ1n) is 9.11. The van der Waals surface area contributed by atoms with Gasteiger partial charge in [0.2, 0.25) is 5.91 Å². The quantitative estimate of drug-likeness (QED) is 0.851. The fourth-order valence-corrected chi connectivity index (χ4v) is 4.17. The molecule has 2 fully saturated rings. The lowest BCUT2D eigenvalue weighted by Crippen LogP contribution is -2.50. The minimum atomic E-state index is -0.448. The third kappa shape index (κ3) is 2.89. The Morgan fingerprint density at radius 3 is 2.92 bits per heavy atom. The zero-order valence-corrected chi connectivity index (χ0v) is 15.0. The van der Waals surface area contributed by atoms with Crippen molar-refractivity contribution in [1.29, 1.82) is 0 Å². The van der Waals surface area contributed by atoms with Crippen LogP contribution in [0, 0.1) is 12.3 Å². The van der Waals surface area contributed by atoms with Gasteiger partial charge in [-0.3, -0.25) is 14.6 Å². The number of piperidine rings is 1. The Labute approximate surface area is 152 Å². The molecule has 0 aromatic carbocycles. The van der Waals surface area contributed by atoms with Gasteiger partial charge in [-0.25, -0.2) is 0 Å². The molecule has 4 heterocycles. The summed E-state index contributed by atoms with van der Waals surface area (Å²) in [7, 11) is 0. The third-order valence-electron chi connectivity index (χ3n) is 5.62. The zero-order valence-electron chi connectivity index (χ0n) is 15.0. The largest absolute Gasteiger partial charge is 0.459 e. The van der Waals surface area contributed by atoms with Crippen molar-refractivity contribution >= 4 is 11.8 Å². The second kappa shape index (κ2) is 6.59. The Kier molecular flexibility index (Phi) is 4.26. The van der Waals surface area contributed by atoms with E-state index < -0.39 is 5.41 Å². The summed E-state index contributed by atoms with van der Waals surface area (Å²) in [6.07, 6.45) is 7.61. The van der Waals surface area contributed by atoms with Crippen LogP contribution in [0.1, 0.15) is 40.9 Å². The van der Waals surface area contributed by atoms with Crippen LogP contribution in [-0.4, -0.2) is 46.2 Å². The highest BCUT2D eigenvalue weighted by atomic mass is 16.3. The molecule has 4 rings (SSSR count). The molecular weight excluding hydrogens is 330 g/mol. The molecule has 2 amide bonds. The fraction of sp³-hybridized carbons (Fsp3) is 0.450. The van der Waals surface area contributed by atoms with Crippen molar-refractivity contribution in [3.8, 4) is 0 Å². The molecule has 0 saturated carbocycles. The van der Waals surface area contributed by atoms with Gasteiger partial charge in [-0.2, -0.15) is 0 Å². The van der Waals surface area contributed by atoms with Crippen molar-refractivity contribution in [3.63, 3.8) is 0 Å². The van der Waals surface area contributed by atoms with E-state index >= 15 is 0 Å². The summed E-state index contributed by atoms with van der Waals surface area (Å²) in [5, 5.41) is 0. The summed E-state index contributed by atoms with van der Waals surface area (Å²) in [4.78, 5) is 33.8. The molecule has 2 aromatic rings. The normalized spacial score (nSPS) is 23.0. The van der Waals surface area contributed by atoms with Crippen molar-refractivity contribution in [3.05, 3.63) is 53.7 Å². The second-order valence-corrected chi connectivity index (χ2v) is 7.38. The number of aryl methyl sites for hydroxylation is 1. The molecule has 2 aromatic heterocycles. The third-order valence-corrected chi connectivity index (χ3v) is 5.62. The van der Waals surface area contributed by atoms with E-state index in [9.17, 15) is 9.59 Å². The van der Waals surface area contributed by atoms with Gasteiger partial charge in [0, 0.05) is 44.1 Å². The van der Waals surface area contributed by atoms with Crippen molar-refractivity contribution in [1.82, 2.24) is 14.8 Å². The van der Waals surface area contributed by atoms with Crippen molar-refractivity contribution in [2.24, 2.45) is 5.41 Å². The van der Waals surface area contributed by atoms with Gasteiger partial charge >= 0.3 is 0 Å². The average molecular weight is 353 g/mol. The van der Waals surface area contributed by atoms with Crippen molar-refractivity contribution in [2.45, 2.75) is 32.7 Å². The summed E-state index contributed by atoms with van der Waals surface area (Å²) in [5.41, 5.74) is 1.43. The molecule has 6 nitrogen and oxygen atoms in total. The number of furan rings is 1. The number of aromatic nitrogens is 1. The van der Waals surface area contributed by atoms with Crippen LogP contribution >= 0.6 is 0 Å². The molecule has 2 saturated heterocycles. The molecule has 0 unspecified atom stereocenters. The van der Waals surface area contributed by atoms with Gasteiger partial charge in [-0.05, 0) is 43.9 Å². The Morgan fingerprint density at radius 2 is 2.19 bits per heavy atom. The lowest BCUT2D eigenvalue weighted by atomic mass is 9.78. The van der Waals surface area contributed by atoms with E-state index in [-0.39, 0.29) is 11.8 Å². The molecule has 26 heavy (non-hydrogen) atoms. The number of likely N-dealkylation sites (tertiary alicyclic amines) is 2. The molecule has 0 bridgehead atoms. The monoisotopic (exact) mass is 353 g/mol. The number of amides is 2. The fourth-order valence-electron chi connectivity index (χ4n) is 4.17. The van der Waals surface area contributed by atoms with Crippen LogP contribution in [0.4, 0.5) is 0 Å². The maximum Gasteiger partial charge on any atom is 0.289 e. The summed E-state index contributed by atoms with van der Waals surface area (Å²) in [5.74, 6) is 0.443. The number of pyridine rings is 1. The molecule has 1 atom stereocenters. The van der Waals surface area contributed by atoms with Crippen LogP contribution in [0.25, 0.3) is 0 Å². The van der Waals surface area contributed by atoms with Crippen LogP contribution < -0.4 is 0 Å². The van der Waals surface area contributed by atoms with Gasteiger partial charge in [0.15, 0.2) is 5.76 Å². The van der Waals surface area contributed by atoms with E-state index in [0.29, 0.717) is 25.4 Å². The SMILES string of the molecule is Cc1ccoc1C(=O)N1CC[C@]2(CCCN(Cc3cccnc3)C2=O)C1. The number of hydrogen-bond acceptors (Lipinski definition) is 4. The number of carbonyl (C=O) groups is 2. The van der Waals surface area contributed by atoms with E-state index in [1.54, 1.807) is 23.4 Å². The van der Waals surface area contributed by atoms with Gasteiger partial charge in [0.25, 0.3) is 5.91 Å². The highest BCUT2D eigenvalue weighted by Gasteiger charge is 2.49. The van der Waals surface area contributed by atoms with Gasteiger partial charge in [0.05, 0.1) is 11.7 Å². The molecular formula is C20H23N3O3. The van der Waals surface area contributed by atoms with Crippen LogP contribution in [0.3, 0.4) is 0 Å². The summed E-state index contributed by atoms with van der Waals surface area (Å²) in [6.45, 7) is 4.30. The molecule has 0 radical (unpaired) electrons. The van der Waals surface area contributed by atoms with E-state index in [0.717, 1.165) is 36.9 Å². The van der Waals surface area contributed by atoms with Gasteiger partial charge in [-0.15, -0.1) is 0 Å². The van der Waals surface area contributed by atoms with Gasteiger partial charge in [-0.1, -0.05) is 6.07 Å². The van der Waals surface area contributed by atoms with E-state index in [4.69, 9.17) is 4.42 Å². The molecule has 6 heteroatoms. The average Bonchev–Trinajstić information content (AvgIpc) is 3.27. The number of carbonyl (C=O) groups excluding carboxylic acids is 2. The molecule has 2 aliphatic heterocycles. The molecule has 136 valence electrons. The van der Waals surface area contributed by atoms with Crippen LogP contribution in [0.5, 0.6) is 0 Å². The Bertz CT molecular complexity index is 817.